The lowest BCUT2D eigenvalue weighted by molar-refractivity contribution is 0.0925. The third-order valence-corrected chi connectivity index (χ3v) is 7.00. The molecule has 1 aromatic heterocycles. The van der Waals surface area contributed by atoms with Crippen LogP contribution in [0.3, 0.4) is 0 Å². The topological polar surface area (TPSA) is 56.1 Å². The van der Waals surface area contributed by atoms with E-state index in [1.54, 1.807) is 0 Å². The first kappa shape index (κ1) is 26.9. The largest absolute Gasteiger partial charge is 0.457 e. The number of carbonyl (C=O) groups excluding carboxylic acids is 1. The van der Waals surface area contributed by atoms with Gasteiger partial charge in [-0.25, -0.2) is 4.98 Å². The quantitative estimate of drug-likeness (QED) is 0.186. The number of carbonyl (C=O) groups is 1. The summed E-state index contributed by atoms with van der Waals surface area (Å²) in [6, 6.07) is 37.6. The molecule has 0 fully saturated rings. The smallest absolute Gasteiger partial charge is 0.270 e. The Balaban J connectivity index is 1.63. The molecule has 0 aliphatic heterocycles. The van der Waals surface area contributed by atoms with Gasteiger partial charge in [-0.15, -0.1) is 0 Å². The van der Waals surface area contributed by atoms with Gasteiger partial charge in [-0.3, -0.25) is 4.79 Å². The highest BCUT2D eigenvalue weighted by Gasteiger charge is 2.28. The zero-order valence-corrected chi connectivity index (χ0v) is 23.1. The molecule has 1 N–H and O–H groups in total. The highest BCUT2D eigenvalue weighted by atomic mass is 16.5. The van der Waals surface area contributed by atoms with Crippen molar-refractivity contribution in [2.45, 2.75) is 45.7 Å². The Morgan fingerprint density at radius 2 is 1.45 bits per heavy atom. The maximum atomic E-state index is 14.3. The van der Waals surface area contributed by atoms with E-state index in [0.29, 0.717) is 23.7 Å². The molecule has 1 unspecified atom stereocenters. The SMILES string of the molecule is CCCCC(NC(=O)c1c(-c2ccccc2Oc2ccccc2)nc(-c2ccccc2)n1CC)c1ccccc1. The molecule has 202 valence electrons. The fraction of sp³-hybridized carbons (Fsp3) is 0.200. The number of para-hydroxylation sites is 2. The van der Waals surface area contributed by atoms with Crippen LogP contribution in [0.25, 0.3) is 22.6 Å². The van der Waals surface area contributed by atoms with Gasteiger partial charge in [0.25, 0.3) is 5.91 Å². The summed E-state index contributed by atoms with van der Waals surface area (Å²) < 4.78 is 8.32. The fourth-order valence-corrected chi connectivity index (χ4v) is 5.00. The van der Waals surface area contributed by atoms with Crippen LogP contribution in [0.2, 0.25) is 0 Å². The van der Waals surface area contributed by atoms with Gasteiger partial charge >= 0.3 is 0 Å². The molecule has 5 heteroatoms. The molecule has 0 saturated carbocycles. The first-order chi connectivity index (χ1) is 19.7. The van der Waals surface area contributed by atoms with Crippen molar-refractivity contribution in [1.82, 2.24) is 14.9 Å². The van der Waals surface area contributed by atoms with Crippen LogP contribution in [0.5, 0.6) is 11.5 Å². The average molecular weight is 530 g/mol. The van der Waals surface area contributed by atoms with Crippen LogP contribution in [0.1, 0.15) is 55.2 Å². The first-order valence-corrected chi connectivity index (χ1v) is 14.0. The first-order valence-electron chi connectivity index (χ1n) is 14.0. The summed E-state index contributed by atoms with van der Waals surface area (Å²) in [4.78, 5) is 19.4. The number of hydrogen-bond donors (Lipinski definition) is 1. The van der Waals surface area contributed by atoms with Gasteiger partial charge in [0.2, 0.25) is 0 Å². The molecule has 0 aliphatic carbocycles. The van der Waals surface area contributed by atoms with Crippen molar-refractivity contribution < 1.29 is 9.53 Å². The zero-order valence-electron chi connectivity index (χ0n) is 23.1. The number of imidazole rings is 1. The lowest BCUT2D eigenvalue weighted by atomic mass is 10.0. The lowest BCUT2D eigenvalue weighted by Crippen LogP contribution is -2.31. The predicted octanol–water partition coefficient (Wildman–Crippen LogP) is 8.69. The number of nitrogens with one attached hydrogen (secondary N) is 1. The Kier molecular flexibility index (Phi) is 8.72. The van der Waals surface area contributed by atoms with E-state index in [4.69, 9.17) is 9.72 Å². The number of aromatic nitrogens is 2. The zero-order chi connectivity index (χ0) is 27.7. The summed E-state index contributed by atoms with van der Waals surface area (Å²) in [7, 11) is 0. The molecule has 40 heavy (non-hydrogen) atoms. The Bertz CT molecular complexity index is 1530. The third kappa shape index (κ3) is 5.99. The summed E-state index contributed by atoms with van der Waals surface area (Å²) >= 11 is 0. The van der Waals surface area contributed by atoms with Crippen LogP contribution < -0.4 is 10.1 Å². The second-order valence-electron chi connectivity index (χ2n) is 9.73. The van der Waals surface area contributed by atoms with Crippen LogP contribution in [-0.4, -0.2) is 15.5 Å². The number of hydrogen-bond acceptors (Lipinski definition) is 3. The highest BCUT2D eigenvalue weighted by molar-refractivity contribution is 6.00. The van der Waals surface area contributed by atoms with Crippen molar-refractivity contribution in [3.63, 3.8) is 0 Å². The average Bonchev–Trinajstić information content (AvgIpc) is 3.40. The fourth-order valence-electron chi connectivity index (χ4n) is 5.00. The minimum atomic E-state index is -0.147. The molecule has 4 aromatic carbocycles. The number of nitrogens with zero attached hydrogens (tertiary/aromatic N) is 2. The lowest BCUT2D eigenvalue weighted by Gasteiger charge is -2.20. The van der Waals surface area contributed by atoms with Gasteiger partial charge in [-0.1, -0.05) is 111 Å². The van der Waals surface area contributed by atoms with E-state index >= 15 is 0 Å². The van der Waals surface area contributed by atoms with Crippen molar-refractivity contribution in [2.24, 2.45) is 0 Å². The molecule has 1 heterocycles. The predicted molar refractivity (Wildman–Crippen MR) is 161 cm³/mol. The molecule has 0 spiro atoms. The van der Waals surface area contributed by atoms with Gasteiger partial charge < -0.3 is 14.6 Å². The normalized spacial score (nSPS) is 11.7. The monoisotopic (exact) mass is 529 g/mol. The van der Waals surface area contributed by atoms with Crippen LogP contribution in [0, 0.1) is 0 Å². The summed E-state index contributed by atoms with van der Waals surface area (Å²) in [6.07, 6.45) is 2.93. The van der Waals surface area contributed by atoms with E-state index in [-0.39, 0.29) is 11.9 Å². The van der Waals surface area contributed by atoms with E-state index in [2.05, 4.69) is 24.4 Å². The number of amides is 1. The number of rotatable bonds is 11. The molecule has 0 saturated heterocycles. The van der Waals surface area contributed by atoms with Gasteiger partial charge in [-0.05, 0) is 43.2 Å². The van der Waals surface area contributed by atoms with Gasteiger partial charge in [0.05, 0.1) is 6.04 Å². The molecule has 1 atom stereocenters. The third-order valence-electron chi connectivity index (χ3n) is 7.00. The molecule has 5 nitrogen and oxygen atoms in total. The van der Waals surface area contributed by atoms with Gasteiger partial charge in [-0.2, -0.15) is 0 Å². The molecule has 0 aliphatic rings. The standard InChI is InChI=1S/C35H35N3O2/c1-3-5-24-30(26-17-9-6-10-18-26)36-35(39)33-32(37-34(38(33)4-2)27-19-11-7-12-20-27)29-23-15-16-25-31(29)40-28-21-13-8-14-22-28/h6-23,25,30H,3-5,24H2,1-2H3,(H,36,39). The maximum Gasteiger partial charge on any atom is 0.270 e. The van der Waals surface area contributed by atoms with E-state index in [9.17, 15) is 4.79 Å². The highest BCUT2D eigenvalue weighted by Crippen LogP contribution is 2.37. The molecule has 1 amide bonds. The van der Waals surface area contributed by atoms with Crippen molar-refractivity contribution in [1.29, 1.82) is 0 Å². The Hall–Kier alpha value is -4.64. The van der Waals surface area contributed by atoms with Crippen molar-refractivity contribution in [3.8, 4) is 34.1 Å². The van der Waals surface area contributed by atoms with Crippen LogP contribution in [0.4, 0.5) is 0 Å². The number of unbranched alkanes of at least 4 members (excludes halogenated alkanes) is 1. The molecular weight excluding hydrogens is 494 g/mol. The second-order valence-corrected chi connectivity index (χ2v) is 9.73. The summed E-state index contributed by atoms with van der Waals surface area (Å²) in [5.41, 5.74) is 3.96. The van der Waals surface area contributed by atoms with Gasteiger partial charge in [0, 0.05) is 17.7 Å². The molecule has 5 aromatic rings. The summed E-state index contributed by atoms with van der Waals surface area (Å²) in [6.45, 7) is 4.81. The van der Waals surface area contributed by atoms with Crippen molar-refractivity contribution >= 4 is 5.91 Å². The molecular formula is C35H35N3O2. The molecule has 5 rings (SSSR count). The number of ether oxygens (including phenoxy) is 1. The summed E-state index contributed by atoms with van der Waals surface area (Å²) in [5.74, 6) is 1.98. The van der Waals surface area contributed by atoms with Crippen LogP contribution in [-0.2, 0) is 6.54 Å². The van der Waals surface area contributed by atoms with Gasteiger partial charge in [0.1, 0.15) is 28.7 Å². The van der Waals surface area contributed by atoms with E-state index < -0.39 is 0 Å². The maximum absolute atomic E-state index is 14.3. The molecule has 0 bridgehead atoms. The molecule has 0 radical (unpaired) electrons. The van der Waals surface area contributed by atoms with Crippen molar-refractivity contribution in [2.75, 3.05) is 0 Å². The van der Waals surface area contributed by atoms with Gasteiger partial charge in [0.15, 0.2) is 0 Å². The Morgan fingerprint density at radius 3 is 2.12 bits per heavy atom. The van der Waals surface area contributed by atoms with E-state index in [1.807, 2.05) is 115 Å². The van der Waals surface area contributed by atoms with Crippen molar-refractivity contribution in [3.05, 3.63) is 127 Å². The van der Waals surface area contributed by atoms with E-state index in [0.717, 1.165) is 47.5 Å². The van der Waals surface area contributed by atoms with Crippen LogP contribution >= 0.6 is 0 Å². The Labute approximate surface area is 236 Å². The summed E-state index contributed by atoms with van der Waals surface area (Å²) in [5, 5.41) is 3.36. The number of benzene rings is 4. The van der Waals surface area contributed by atoms with Crippen LogP contribution in [0.15, 0.2) is 115 Å². The minimum Gasteiger partial charge on any atom is -0.457 e. The second kappa shape index (κ2) is 12.9. The Morgan fingerprint density at radius 1 is 0.825 bits per heavy atom. The van der Waals surface area contributed by atoms with E-state index in [1.165, 1.54) is 0 Å². The minimum absolute atomic E-state index is 0.0994.